The fourth-order valence-electron chi connectivity index (χ4n) is 2.26. The molecule has 0 atom stereocenters. The number of nitrogens with two attached hydrogens (primary N) is 1. The molecular formula is C14H16FN3O. The van der Waals surface area contributed by atoms with E-state index in [2.05, 4.69) is 9.97 Å². The number of aromatic nitrogens is 2. The van der Waals surface area contributed by atoms with Gasteiger partial charge in [0.1, 0.15) is 5.82 Å². The summed E-state index contributed by atoms with van der Waals surface area (Å²) in [7, 11) is 1.45. The number of nitrogens with one attached hydrogen (secondary N) is 1. The van der Waals surface area contributed by atoms with Gasteiger partial charge in [-0.15, -0.1) is 0 Å². The molecule has 1 aromatic carbocycles. The highest BCUT2D eigenvalue weighted by Gasteiger charge is 2.45. The number of H-pyrrole nitrogens is 1. The molecule has 3 N–H and O–H groups in total. The monoisotopic (exact) mass is 261 g/mol. The molecule has 0 amide bonds. The van der Waals surface area contributed by atoms with Crippen molar-refractivity contribution in [1.82, 2.24) is 9.97 Å². The van der Waals surface area contributed by atoms with Crippen molar-refractivity contribution in [1.29, 1.82) is 0 Å². The SMILES string of the molecule is COc1ccc(-c2cnc(C3(CN)CC3)[nH]2)cc1F. The first-order valence-corrected chi connectivity index (χ1v) is 6.28. The third-order valence-electron chi connectivity index (χ3n) is 3.79. The van der Waals surface area contributed by atoms with Gasteiger partial charge in [0, 0.05) is 17.5 Å². The lowest BCUT2D eigenvalue weighted by Gasteiger charge is -2.08. The molecule has 0 spiro atoms. The molecule has 0 unspecified atom stereocenters. The highest BCUT2D eigenvalue weighted by molar-refractivity contribution is 5.60. The Labute approximate surface area is 110 Å². The van der Waals surface area contributed by atoms with E-state index in [4.69, 9.17) is 10.5 Å². The molecule has 4 nitrogen and oxygen atoms in total. The molecule has 1 aromatic heterocycles. The third kappa shape index (κ3) is 2.00. The van der Waals surface area contributed by atoms with Crippen molar-refractivity contribution in [3.63, 3.8) is 0 Å². The van der Waals surface area contributed by atoms with Crippen LogP contribution in [0, 0.1) is 5.82 Å². The van der Waals surface area contributed by atoms with Crippen molar-refractivity contribution in [3.05, 3.63) is 36.0 Å². The van der Waals surface area contributed by atoms with Crippen molar-refractivity contribution in [2.45, 2.75) is 18.3 Å². The second-order valence-corrected chi connectivity index (χ2v) is 4.98. The Kier molecular flexibility index (Phi) is 2.78. The number of nitrogens with zero attached hydrogens (tertiary/aromatic N) is 1. The Bertz CT molecular complexity index is 604. The number of ether oxygens (including phenoxy) is 1. The fraction of sp³-hybridized carbons (Fsp3) is 0.357. The summed E-state index contributed by atoms with van der Waals surface area (Å²) in [5, 5.41) is 0. The van der Waals surface area contributed by atoms with Crippen LogP contribution >= 0.6 is 0 Å². The average molecular weight is 261 g/mol. The normalized spacial score (nSPS) is 16.4. The van der Waals surface area contributed by atoms with Crippen molar-refractivity contribution in [2.75, 3.05) is 13.7 Å². The van der Waals surface area contributed by atoms with Crippen LogP contribution < -0.4 is 10.5 Å². The van der Waals surface area contributed by atoms with E-state index in [9.17, 15) is 4.39 Å². The van der Waals surface area contributed by atoms with Crippen LogP contribution in [0.15, 0.2) is 24.4 Å². The molecule has 1 fully saturated rings. The molecule has 0 bridgehead atoms. The van der Waals surface area contributed by atoms with Gasteiger partial charge in [-0.1, -0.05) is 0 Å². The zero-order chi connectivity index (χ0) is 13.5. The number of methoxy groups -OCH3 is 1. The van der Waals surface area contributed by atoms with Gasteiger partial charge in [-0.25, -0.2) is 9.37 Å². The van der Waals surface area contributed by atoms with E-state index < -0.39 is 0 Å². The van der Waals surface area contributed by atoms with Crippen LogP contribution in [0.1, 0.15) is 18.7 Å². The zero-order valence-corrected chi connectivity index (χ0v) is 10.7. The lowest BCUT2D eigenvalue weighted by Crippen LogP contribution is -2.21. The summed E-state index contributed by atoms with van der Waals surface area (Å²) in [6.45, 7) is 0.594. The van der Waals surface area contributed by atoms with Gasteiger partial charge in [0.05, 0.1) is 19.0 Å². The maximum atomic E-state index is 13.7. The van der Waals surface area contributed by atoms with Crippen LogP contribution in [-0.2, 0) is 5.41 Å². The standard InChI is InChI=1S/C14H16FN3O/c1-19-12-3-2-9(6-10(12)15)11-7-17-13(18-11)14(8-16)4-5-14/h2-3,6-7H,4-5,8,16H2,1H3,(H,17,18). The average Bonchev–Trinajstić information content (AvgIpc) is 3.08. The quantitative estimate of drug-likeness (QED) is 0.887. The summed E-state index contributed by atoms with van der Waals surface area (Å²) in [5.41, 5.74) is 7.35. The van der Waals surface area contributed by atoms with Crippen LogP contribution in [0.4, 0.5) is 4.39 Å². The first-order valence-electron chi connectivity index (χ1n) is 6.28. The second kappa shape index (κ2) is 4.35. The Hall–Kier alpha value is -1.88. The molecule has 1 aliphatic carbocycles. The Morgan fingerprint density at radius 2 is 2.26 bits per heavy atom. The molecule has 5 heteroatoms. The zero-order valence-electron chi connectivity index (χ0n) is 10.7. The van der Waals surface area contributed by atoms with Gasteiger partial charge in [0.2, 0.25) is 0 Å². The lowest BCUT2D eigenvalue weighted by atomic mass is 10.1. The molecule has 0 saturated heterocycles. The van der Waals surface area contributed by atoms with Gasteiger partial charge in [-0.3, -0.25) is 0 Å². The predicted octanol–water partition coefficient (Wildman–Crippen LogP) is 2.21. The number of halogens is 1. The maximum Gasteiger partial charge on any atom is 0.165 e. The van der Waals surface area contributed by atoms with E-state index in [1.165, 1.54) is 13.2 Å². The summed E-state index contributed by atoms with van der Waals surface area (Å²) < 4.78 is 18.6. The van der Waals surface area contributed by atoms with Crippen LogP contribution in [0.2, 0.25) is 0 Å². The first-order chi connectivity index (χ1) is 9.18. The van der Waals surface area contributed by atoms with Gasteiger partial charge >= 0.3 is 0 Å². The van der Waals surface area contributed by atoms with Gasteiger partial charge in [-0.2, -0.15) is 0 Å². The molecule has 1 aliphatic rings. The summed E-state index contributed by atoms with van der Waals surface area (Å²) in [6.07, 6.45) is 3.85. The van der Waals surface area contributed by atoms with Crippen molar-refractivity contribution >= 4 is 0 Å². The number of imidazole rings is 1. The van der Waals surface area contributed by atoms with E-state index in [0.29, 0.717) is 6.54 Å². The largest absolute Gasteiger partial charge is 0.494 e. The smallest absolute Gasteiger partial charge is 0.165 e. The molecule has 1 saturated carbocycles. The Balaban J connectivity index is 1.93. The Morgan fingerprint density at radius 3 is 2.84 bits per heavy atom. The topological polar surface area (TPSA) is 63.9 Å². The molecule has 0 aliphatic heterocycles. The minimum atomic E-state index is -0.379. The molecular weight excluding hydrogens is 245 g/mol. The van der Waals surface area contributed by atoms with Crippen molar-refractivity contribution in [2.24, 2.45) is 5.73 Å². The Morgan fingerprint density at radius 1 is 1.47 bits per heavy atom. The predicted molar refractivity (Wildman–Crippen MR) is 70.5 cm³/mol. The van der Waals surface area contributed by atoms with E-state index >= 15 is 0 Å². The van der Waals surface area contributed by atoms with Crippen LogP contribution in [0.25, 0.3) is 11.3 Å². The van der Waals surface area contributed by atoms with Crippen LogP contribution in [0.5, 0.6) is 5.75 Å². The van der Waals surface area contributed by atoms with Crippen molar-refractivity contribution in [3.8, 4) is 17.0 Å². The van der Waals surface area contributed by atoms with E-state index in [1.54, 1.807) is 18.3 Å². The van der Waals surface area contributed by atoms with Gasteiger partial charge in [0.15, 0.2) is 11.6 Å². The van der Waals surface area contributed by atoms with Crippen LogP contribution in [0.3, 0.4) is 0 Å². The molecule has 19 heavy (non-hydrogen) atoms. The number of hydrogen-bond acceptors (Lipinski definition) is 3. The molecule has 3 rings (SSSR count). The maximum absolute atomic E-state index is 13.7. The van der Waals surface area contributed by atoms with Crippen LogP contribution in [-0.4, -0.2) is 23.6 Å². The highest BCUT2D eigenvalue weighted by atomic mass is 19.1. The number of rotatable bonds is 4. The van der Waals surface area contributed by atoms with E-state index in [0.717, 1.165) is 29.9 Å². The lowest BCUT2D eigenvalue weighted by molar-refractivity contribution is 0.386. The van der Waals surface area contributed by atoms with Gasteiger partial charge in [-0.05, 0) is 31.0 Å². The summed E-state index contributed by atoms with van der Waals surface area (Å²) in [4.78, 5) is 7.63. The minimum Gasteiger partial charge on any atom is -0.494 e. The number of aromatic amines is 1. The summed E-state index contributed by atoms with van der Waals surface area (Å²) in [5.74, 6) is 0.765. The molecule has 0 radical (unpaired) electrons. The fourth-order valence-corrected chi connectivity index (χ4v) is 2.26. The summed E-state index contributed by atoms with van der Waals surface area (Å²) in [6, 6.07) is 4.86. The highest BCUT2D eigenvalue weighted by Crippen LogP contribution is 2.46. The third-order valence-corrected chi connectivity index (χ3v) is 3.79. The van der Waals surface area contributed by atoms with E-state index in [-0.39, 0.29) is 17.0 Å². The minimum absolute atomic E-state index is 0.0171. The first kappa shape index (κ1) is 12.2. The van der Waals surface area contributed by atoms with E-state index in [1.807, 2.05) is 0 Å². The second-order valence-electron chi connectivity index (χ2n) is 4.98. The molecule has 2 aromatic rings. The molecule has 1 heterocycles. The number of hydrogen-bond donors (Lipinski definition) is 2. The van der Waals surface area contributed by atoms with Gasteiger partial charge in [0.25, 0.3) is 0 Å². The number of benzene rings is 1. The van der Waals surface area contributed by atoms with Crippen molar-refractivity contribution < 1.29 is 9.13 Å². The van der Waals surface area contributed by atoms with Gasteiger partial charge < -0.3 is 15.5 Å². The molecule has 100 valence electrons. The summed E-state index contributed by atoms with van der Waals surface area (Å²) >= 11 is 0.